The number of methoxy groups -OCH3 is 2. The van der Waals surface area contributed by atoms with E-state index < -0.39 is 0 Å². The second-order valence-electron chi connectivity index (χ2n) is 4.37. The zero-order chi connectivity index (χ0) is 13.7. The molecule has 1 heterocycles. The fourth-order valence-corrected chi connectivity index (χ4v) is 2.69. The van der Waals surface area contributed by atoms with Gasteiger partial charge in [-0.1, -0.05) is 6.07 Å². The highest BCUT2D eigenvalue weighted by Crippen LogP contribution is 2.27. The summed E-state index contributed by atoms with van der Waals surface area (Å²) >= 11 is 1.77. The molecule has 2 rings (SSSR count). The molecule has 0 radical (unpaired) electrons. The molecule has 0 bridgehead atoms. The third-order valence-electron chi connectivity index (χ3n) is 3.08. The molecule has 19 heavy (non-hydrogen) atoms. The molecule has 4 heteroatoms. The number of rotatable bonds is 6. The van der Waals surface area contributed by atoms with E-state index in [1.807, 2.05) is 18.2 Å². The van der Waals surface area contributed by atoms with Crippen LogP contribution in [0.2, 0.25) is 0 Å². The zero-order valence-corrected chi connectivity index (χ0v) is 12.1. The Morgan fingerprint density at radius 2 is 1.84 bits per heavy atom. The Hall–Kier alpha value is -1.52. The second-order valence-corrected chi connectivity index (χ2v) is 5.40. The lowest BCUT2D eigenvalue weighted by Crippen LogP contribution is -2.11. The minimum Gasteiger partial charge on any atom is -0.497 e. The summed E-state index contributed by atoms with van der Waals surface area (Å²) in [5, 5.41) is 2.09. The Kier molecular flexibility index (Phi) is 4.82. The highest BCUT2D eigenvalue weighted by Gasteiger charge is 2.10. The van der Waals surface area contributed by atoms with E-state index in [1.165, 1.54) is 4.88 Å². The summed E-state index contributed by atoms with van der Waals surface area (Å²) < 4.78 is 10.5. The van der Waals surface area contributed by atoms with Crippen molar-refractivity contribution in [2.75, 3.05) is 14.2 Å². The van der Waals surface area contributed by atoms with E-state index in [4.69, 9.17) is 15.2 Å². The van der Waals surface area contributed by atoms with Gasteiger partial charge in [0, 0.05) is 17.0 Å². The molecule has 2 aromatic rings. The Morgan fingerprint density at radius 1 is 1.16 bits per heavy atom. The molecule has 0 spiro atoms. The van der Waals surface area contributed by atoms with Crippen molar-refractivity contribution >= 4 is 11.3 Å². The van der Waals surface area contributed by atoms with Gasteiger partial charge >= 0.3 is 0 Å². The number of hydrogen-bond acceptors (Lipinski definition) is 4. The molecular weight excluding hydrogens is 258 g/mol. The topological polar surface area (TPSA) is 44.5 Å². The van der Waals surface area contributed by atoms with Gasteiger partial charge in [0.1, 0.15) is 11.5 Å². The van der Waals surface area contributed by atoms with Gasteiger partial charge in [0.2, 0.25) is 0 Å². The number of benzene rings is 1. The van der Waals surface area contributed by atoms with Crippen LogP contribution in [0, 0.1) is 0 Å². The number of hydrogen-bond donors (Lipinski definition) is 1. The van der Waals surface area contributed by atoms with Crippen LogP contribution in [-0.4, -0.2) is 14.2 Å². The SMILES string of the molecule is COc1cc(OC)cc(C(N)CCc2cccs2)c1. The van der Waals surface area contributed by atoms with E-state index in [0.29, 0.717) is 0 Å². The lowest BCUT2D eigenvalue weighted by molar-refractivity contribution is 0.392. The Morgan fingerprint density at radius 3 is 2.37 bits per heavy atom. The highest BCUT2D eigenvalue weighted by atomic mass is 32.1. The van der Waals surface area contributed by atoms with Crippen molar-refractivity contribution in [2.45, 2.75) is 18.9 Å². The van der Waals surface area contributed by atoms with Gasteiger partial charge in [0.05, 0.1) is 14.2 Å². The van der Waals surface area contributed by atoms with Crippen molar-refractivity contribution in [3.63, 3.8) is 0 Å². The van der Waals surface area contributed by atoms with Crippen LogP contribution in [0.15, 0.2) is 35.7 Å². The molecule has 0 amide bonds. The largest absolute Gasteiger partial charge is 0.497 e. The van der Waals surface area contributed by atoms with E-state index in [9.17, 15) is 0 Å². The first-order valence-electron chi connectivity index (χ1n) is 6.24. The number of ether oxygens (including phenoxy) is 2. The fraction of sp³-hybridized carbons (Fsp3) is 0.333. The van der Waals surface area contributed by atoms with Gasteiger partial charge in [0.15, 0.2) is 0 Å². The van der Waals surface area contributed by atoms with Gasteiger partial charge in [-0.05, 0) is 42.0 Å². The average molecular weight is 277 g/mol. The van der Waals surface area contributed by atoms with Gasteiger partial charge < -0.3 is 15.2 Å². The maximum absolute atomic E-state index is 6.25. The fourth-order valence-electron chi connectivity index (χ4n) is 1.96. The van der Waals surface area contributed by atoms with Crippen LogP contribution >= 0.6 is 11.3 Å². The van der Waals surface area contributed by atoms with E-state index in [1.54, 1.807) is 25.6 Å². The van der Waals surface area contributed by atoms with Crippen molar-refractivity contribution in [3.8, 4) is 11.5 Å². The van der Waals surface area contributed by atoms with Gasteiger partial charge in [-0.3, -0.25) is 0 Å². The predicted molar refractivity (Wildman–Crippen MR) is 79.1 cm³/mol. The molecule has 0 fully saturated rings. The van der Waals surface area contributed by atoms with E-state index in [2.05, 4.69) is 17.5 Å². The summed E-state index contributed by atoms with van der Waals surface area (Å²) in [7, 11) is 3.30. The zero-order valence-electron chi connectivity index (χ0n) is 11.3. The van der Waals surface area contributed by atoms with Gasteiger partial charge in [0.25, 0.3) is 0 Å². The first-order valence-corrected chi connectivity index (χ1v) is 7.12. The van der Waals surface area contributed by atoms with Crippen LogP contribution in [0.5, 0.6) is 11.5 Å². The molecule has 1 aromatic carbocycles. The van der Waals surface area contributed by atoms with E-state index >= 15 is 0 Å². The lowest BCUT2D eigenvalue weighted by atomic mass is 10.0. The number of thiophene rings is 1. The maximum Gasteiger partial charge on any atom is 0.122 e. The first-order chi connectivity index (χ1) is 9.22. The minimum atomic E-state index is -0.00824. The molecule has 1 unspecified atom stereocenters. The summed E-state index contributed by atoms with van der Waals surface area (Å²) in [5.74, 6) is 1.56. The smallest absolute Gasteiger partial charge is 0.122 e. The Bertz CT molecular complexity index is 489. The number of nitrogens with two attached hydrogens (primary N) is 1. The summed E-state index contributed by atoms with van der Waals surface area (Å²) in [4.78, 5) is 1.37. The van der Waals surface area contributed by atoms with Gasteiger partial charge in [-0.15, -0.1) is 11.3 Å². The molecule has 0 aliphatic heterocycles. The predicted octanol–water partition coefficient (Wildman–Crippen LogP) is 3.40. The van der Waals surface area contributed by atoms with Crippen molar-refractivity contribution in [2.24, 2.45) is 5.73 Å². The van der Waals surface area contributed by atoms with Crippen LogP contribution in [-0.2, 0) is 6.42 Å². The van der Waals surface area contributed by atoms with Crippen LogP contribution in [0.3, 0.4) is 0 Å². The maximum atomic E-state index is 6.25. The molecular formula is C15H19NO2S. The van der Waals surface area contributed by atoms with Crippen molar-refractivity contribution in [1.82, 2.24) is 0 Å². The highest BCUT2D eigenvalue weighted by molar-refractivity contribution is 7.09. The summed E-state index contributed by atoms with van der Waals surface area (Å²) in [6.07, 6.45) is 1.91. The van der Waals surface area contributed by atoms with Crippen molar-refractivity contribution < 1.29 is 9.47 Å². The molecule has 0 aliphatic carbocycles. The van der Waals surface area contributed by atoms with Crippen molar-refractivity contribution in [1.29, 1.82) is 0 Å². The van der Waals surface area contributed by atoms with Crippen LogP contribution in [0.1, 0.15) is 22.9 Å². The monoisotopic (exact) mass is 277 g/mol. The molecule has 3 nitrogen and oxygen atoms in total. The Labute approximate surface area is 118 Å². The molecule has 2 N–H and O–H groups in total. The molecule has 0 aliphatic rings. The van der Waals surface area contributed by atoms with Gasteiger partial charge in [-0.25, -0.2) is 0 Å². The quantitative estimate of drug-likeness (QED) is 0.880. The molecule has 1 atom stereocenters. The lowest BCUT2D eigenvalue weighted by Gasteiger charge is -2.14. The summed E-state index contributed by atoms with van der Waals surface area (Å²) in [5.41, 5.74) is 7.30. The Balaban J connectivity index is 2.07. The van der Waals surface area contributed by atoms with Crippen LogP contribution < -0.4 is 15.2 Å². The van der Waals surface area contributed by atoms with Gasteiger partial charge in [-0.2, -0.15) is 0 Å². The normalized spacial score (nSPS) is 12.2. The van der Waals surface area contributed by atoms with Crippen molar-refractivity contribution in [3.05, 3.63) is 46.2 Å². The van der Waals surface area contributed by atoms with Crippen LogP contribution in [0.4, 0.5) is 0 Å². The van der Waals surface area contributed by atoms with Crippen LogP contribution in [0.25, 0.3) is 0 Å². The molecule has 0 saturated heterocycles. The minimum absolute atomic E-state index is 0.00824. The average Bonchev–Trinajstić information content (AvgIpc) is 2.97. The third-order valence-corrected chi connectivity index (χ3v) is 4.02. The number of aryl methyl sites for hydroxylation is 1. The summed E-state index contributed by atoms with van der Waals surface area (Å²) in [6, 6.07) is 10.0. The molecule has 0 saturated carbocycles. The molecule has 1 aromatic heterocycles. The van der Waals surface area contributed by atoms with E-state index in [0.717, 1.165) is 29.9 Å². The summed E-state index contributed by atoms with van der Waals surface area (Å²) in [6.45, 7) is 0. The molecule has 102 valence electrons. The first kappa shape index (κ1) is 13.9. The van der Waals surface area contributed by atoms with E-state index in [-0.39, 0.29) is 6.04 Å². The standard InChI is InChI=1S/C15H19NO2S/c1-17-12-8-11(9-13(10-12)18-2)15(16)6-5-14-4-3-7-19-14/h3-4,7-10,15H,5-6,16H2,1-2H3. The third kappa shape index (κ3) is 3.72. The second kappa shape index (κ2) is 6.59.